The molecule has 3 amide bonds. The maximum Gasteiger partial charge on any atom is 0.286 e. The van der Waals surface area contributed by atoms with Gasteiger partial charge in [0.1, 0.15) is 0 Å². The first-order chi connectivity index (χ1) is 12.4. The van der Waals surface area contributed by atoms with Crippen LogP contribution in [0.25, 0.3) is 0 Å². The Bertz CT molecular complexity index is 784. The van der Waals surface area contributed by atoms with Crippen molar-refractivity contribution in [3.05, 3.63) is 53.5 Å². The van der Waals surface area contributed by atoms with Gasteiger partial charge in [-0.15, -0.1) is 0 Å². The zero-order chi connectivity index (χ0) is 19.1. The second kappa shape index (κ2) is 8.84. The number of carbonyl (C=O) groups is 3. The quantitative estimate of drug-likeness (QED) is 0.794. The third-order valence-corrected chi connectivity index (χ3v) is 4.05. The molecule has 7 nitrogen and oxygen atoms in total. The molecule has 2 rings (SSSR count). The zero-order valence-electron chi connectivity index (χ0n) is 15.2. The molecule has 7 heteroatoms. The molecule has 0 saturated heterocycles. The first kappa shape index (κ1) is 19.2. The van der Waals surface area contributed by atoms with Crippen molar-refractivity contribution in [2.75, 3.05) is 25.5 Å². The number of hydrogen-bond acceptors (Lipinski definition) is 4. The van der Waals surface area contributed by atoms with Crippen molar-refractivity contribution in [1.82, 2.24) is 10.2 Å². The minimum Gasteiger partial charge on any atom is -0.459 e. The predicted molar refractivity (Wildman–Crippen MR) is 97.8 cm³/mol. The molecule has 138 valence electrons. The van der Waals surface area contributed by atoms with Crippen LogP contribution in [0.3, 0.4) is 0 Å². The molecule has 0 aliphatic carbocycles. The van der Waals surface area contributed by atoms with Crippen LogP contribution in [0.1, 0.15) is 28.1 Å². The van der Waals surface area contributed by atoms with Crippen LogP contribution in [0.5, 0.6) is 0 Å². The molecule has 1 heterocycles. The van der Waals surface area contributed by atoms with E-state index >= 15 is 0 Å². The van der Waals surface area contributed by atoms with E-state index in [9.17, 15) is 14.4 Å². The Morgan fingerprint density at radius 2 is 1.88 bits per heavy atom. The number of likely N-dealkylation sites (N-methyl/N-ethyl adjacent to an activating group) is 1. The summed E-state index contributed by atoms with van der Waals surface area (Å²) in [5, 5.41) is 5.41. The molecule has 0 radical (unpaired) electrons. The van der Waals surface area contributed by atoms with E-state index < -0.39 is 0 Å². The Labute approximate surface area is 152 Å². The molecule has 0 aliphatic heterocycles. The van der Waals surface area contributed by atoms with Gasteiger partial charge in [0.25, 0.3) is 5.91 Å². The average Bonchev–Trinajstić information content (AvgIpc) is 3.13. The number of anilines is 1. The Balaban J connectivity index is 1.76. The fourth-order valence-electron chi connectivity index (χ4n) is 2.35. The lowest BCUT2D eigenvalue weighted by Gasteiger charge is -2.18. The monoisotopic (exact) mass is 357 g/mol. The highest BCUT2D eigenvalue weighted by molar-refractivity contribution is 5.95. The lowest BCUT2D eigenvalue weighted by molar-refractivity contribution is -0.133. The summed E-state index contributed by atoms with van der Waals surface area (Å²) in [6, 6.07) is 8.82. The van der Waals surface area contributed by atoms with E-state index in [4.69, 9.17) is 4.42 Å². The standard InChI is InChI=1S/C19H23N3O4/c1-13-6-4-7-15(14(13)2)21-17(23)12-22(3)18(24)9-10-20-19(25)16-8-5-11-26-16/h4-8,11H,9-10,12H2,1-3H3,(H,20,25)(H,21,23). The minimum absolute atomic E-state index is 0.0572. The molecule has 0 saturated carbocycles. The number of aryl methyl sites for hydroxylation is 1. The fraction of sp³-hybridized carbons (Fsp3) is 0.316. The highest BCUT2D eigenvalue weighted by Gasteiger charge is 2.15. The van der Waals surface area contributed by atoms with Crippen molar-refractivity contribution < 1.29 is 18.8 Å². The van der Waals surface area contributed by atoms with Crippen molar-refractivity contribution in [2.45, 2.75) is 20.3 Å². The van der Waals surface area contributed by atoms with Crippen LogP contribution in [0.4, 0.5) is 5.69 Å². The van der Waals surface area contributed by atoms with Gasteiger partial charge in [0.2, 0.25) is 11.8 Å². The smallest absolute Gasteiger partial charge is 0.286 e. The summed E-state index contributed by atoms with van der Waals surface area (Å²) >= 11 is 0. The third kappa shape index (κ3) is 5.20. The molecule has 2 aromatic rings. The van der Waals surface area contributed by atoms with E-state index in [0.29, 0.717) is 0 Å². The van der Waals surface area contributed by atoms with Crippen LogP contribution in [-0.2, 0) is 9.59 Å². The highest BCUT2D eigenvalue weighted by Crippen LogP contribution is 2.17. The first-order valence-corrected chi connectivity index (χ1v) is 8.30. The minimum atomic E-state index is -0.377. The van der Waals surface area contributed by atoms with E-state index in [2.05, 4.69) is 10.6 Å². The summed E-state index contributed by atoms with van der Waals surface area (Å²) < 4.78 is 4.97. The van der Waals surface area contributed by atoms with Crippen LogP contribution in [0.15, 0.2) is 41.0 Å². The zero-order valence-corrected chi connectivity index (χ0v) is 15.2. The third-order valence-electron chi connectivity index (χ3n) is 4.05. The van der Waals surface area contributed by atoms with Gasteiger partial charge in [-0.25, -0.2) is 0 Å². The second-order valence-corrected chi connectivity index (χ2v) is 6.03. The maximum atomic E-state index is 12.1. The van der Waals surface area contributed by atoms with Crippen LogP contribution in [-0.4, -0.2) is 42.8 Å². The van der Waals surface area contributed by atoms with Crippen LogP contribution in [0.2, 0.25) is 0 Å². The normalized spacial score (nSPS) is 10.3. The van der Waals surface area contributed by atoms with Gasteiger partial charge in [-0.2, -0.15) is 0 Å². The number of nitrogens with zero attached hydrogens (tertiary/aromatic N) is 1. The van der Waals surface area contributed by atoms with Gasteiger partial charge in [-0.05, 0) is 43.2 Å². The Kier molecular flexibility index (Phi) is 6.54. The van der Waals surface area contributed by atoms with Crippen LogP contribution >= 0.6 is 0 Å². The van der Waals surface area contributed by atoms with E-state index in [0.717, 1.165) is 16.8 Å². The number of nitrogens with one attached hydrogen (secondary N) is 2. The van der Waals surface area contributed by atoms with Crippen LogP contribution in [0, 0.1) is 13.8 Å². The van der Waals surface area contributed by atoms with E-state index in [1.807, 2.05) is 32.0 Å². The van der Waals surface area contributed by atoms with Gasteiger partial charge < -0.3 is 20.0 Å². The molecule has 2 N–H and O–H groups in total. The van der Waals surface area contributed by atoms with Gasteiger partial charge in [0.15, 0.2) is 5.76 Å². The lowest BCUT2D eigenvalue weighted by atomic mass is 10.1. The number of amides is 3. The molecular formula is C19H23N3O4. The Morgan fingerprint density at radius 1 is 1.12 bits per heavy atom. The number of furan rings is 1. The molecule has 0 atom stereocenters. The summed E-state index contributed by atoms with van der Waals surface area (Å²) in [4.78, 5) is 37.3. The van der Waals surface area contributed by atoms with Gasteiger partial charge >= 0.3 is 0 Å². The summed E-state index contributed by atoms with van der Waals surface area (Å²) in [7, 11) is 1.55. The van der Waals surface area contributed by atoms with E-state index in [1.165, 1.54) is 11.2 Å². The number of carbonyl (C=O) groups excluding carboxylic acids is 3. The van der Waals surface area contributed by atoms with Gasteiger partial charge in [-0.3, -0.25) is 14.4 Å². The molecule has 0 unspecified atom stereocenters. The van der Waals surface area contributed by atoms with Crippen molar-refractivity contribution in [1.29, 1.82) is 0 Å². The summed E-state index contributed by atoms with van der Waals surface area (Å²) in [5.41, 5.74) is 2.82. The number of rotatable bonds is 7. The summed E-state index contributed by atoms with van der Waals surface area (Å²) in [6.07, 6.45) is 1.50. The molecule has 1 aromatic heterocycles. The van der Waals surface area contributed by atoms with Crippen molar-refractivity contribution in [3.8, 4) is 0 Å². The SMILES string of the molecule is Cc1cccc(NC(=O)CN(C)C(=O)CCNC(=O)c2ccco2)c1C. The molecule has 0 bridgehead atoms. The molecule has 0 aliphatic rings. The topological polar surface area (TPSA) is 91.7 Å². The molecular weight excluding hydrogens is 334 g/mol. The Hall–Kier alpha value is -3.09. The van der Waals surface area contributed by atoms with Gasteiger partial charge in [0, 0.05) is 25.7 Å². The second-order valence-electron chi connectivity index (χ2n) is 6.03. The molecule has 1 aromatic carbocycles. The van der Waals surface area contributed by atoms with E-state index in [-0.39, 0.29) is 43.0 Å². The fourth-order valence-corrected chi connectivity index (χ4v) is 2.35. The number of benzene rings is 1. The first-order valence-electron chi connectivity index (χ1n) is 8.30. The summed E-state index contributed by atoms with van der Waals surface area (Å²) in [5.74, 6) is -0.688. The highest BCUT2D eigenvalue weighted by atomic mass is 16.3. The van der Waals surface area contributed by atoms with Crippen molar-refractivity contribution >= 4 is 23.4 Å². The van der Waals surface area contributed by atoms with Gasteiger partial charge in [0.05, 0.1) is 12.8 Å². The van der Waals surface area contributed by atoms with Gasteiger partial charge in [-0.1, -0.05) is 12.1 Å². The molecule has 26 heavy (non-hydrogen) atoms. The molecule has 0 fully saturated rings. The summed E-state index contributed by atoms with van der Waals surface area (Å²) in [6.45, 7) is 4.01. The largest absolute Gasteiger partial charge is 0.459 e. The van der Waals surface area contributed by atoms with Crippen LogP contribution < -0.4 is 10.6 Å². The Morgan fingerprint density at radius 3 is 2.58 bits per heavy atom. The number of hydrogen-bond donors (Lipinski definition) is 2. The maximum absolute atomic E-state index is 12.1. The lowest BCUT2D eigenvalue weighted by Crippen LogP contribution is -2.37. The average molecular weight is 357 g/mol. The molecule has 0 spiro atoms. The van der Waals surface area contributed by atoms with Crippen molar-refractivity contribution in [2.24, 2.45) is 0 Å². The predicted octanol–water partition coefficient (Wildman–Crippen LogP) is 2.11. The van der Waals surface area contributed by atoms with E-state index in [1.54, 1.807) is 19.2 Å². The van der Waals surface area contributed by atoms with Crippen molar-refractivity contribution in [3.63, 3.8) is 0 Å².